The normalized spacial score (nSPS) is 14.3. The van der Waals surface area contributed by atoms with Gasteiger partial charge in [-0.05, 0) is 61.4 Å². The highest BCUT2D eigenvalue weighted by molar-refractivity contribution is 5.68. The van der Waals surface area contributed by atoms with Crippen molar-refractivity contribution in [3.8, 4) is 11.1 Å². The average Bonchev–Trinajstić information content (AvgIpc) is 2.38. The molecule has 0 saturated heterocycles. The third-order valence-electron chi connectivity index (χ3n) is 3.77. The molecule has 2 heteroatoms. The third-order valence-corrected chi connectivity index (χ3v) is 3.77. The van der Waals surface area contributed by atoms with Gasteiger partial charge in [-0.15, -0.1) is 0 Å². The molecule has 0 radical (unpaired) electrons. The fraction of sp³-hybridized carbons (Fsp3) is 0.312. The summed E-state index contributed by atoms with van der Waals surface area (Å²) in [5, 5.41) is 0. The molecular formula is C16H18N2. The van der Waals surface area contributed by atoms with E-state index in [4.69, 9.17) is 5.73 Å². The predicted molar refractivity (Wildman–Crippen MR) is 75.5 cm³/mol. The molecule has 1 aliphatic carbocycles. The van der Waals surface area contributed by atoms with E-state index in [-0.39, 0.29) is 0 Å². The molecule has 1 heterocycles. The fourth-order valence-corrected chi connectivity index (χ4v) is 2.79. The molecule has 0 spiro atoms. The maximum atomic E-state index is 5.71. The molecule has 92 valence electrons. The van der Waals surface area contributed by atoms with Crippen LogP contribution in [0.4, 0.5) is 5.82 Å². The van der Waals surface area contributed by atoms with Gasteiger partial charge < -0.3 is 5.73 Å². The second-order valence-electron chi connectivity index (χ2n) is 5.06. The molecule has 3 rings (SSSR count). The van der Waals surface area contributed by atoms with E-state index >= 15 is 0 Å². The number of aromatic nitrogens is 1. The lowest BCUT2D eigenvalue weighted by atomic mass is 9.89. The van der Waals surface area contributed by atoms with Gasteiger partial charge in [0.15, 0.2) is 0 Å². The summed E-state index contributed by atoms with van der Waals surface area (Å²) in [4.78, 5) is 4.34. The van der Waals surface area contributed by atoms with Gasteiger partial charge in [0.2, 0.25) is 0 Å². The average molecular weight is 238 g/mol. The monoisotopic (exact) mass is 238 g/mol. The molecule has 0 bridgehead atoms. The van der Waals surface area contributed by atoms with Gasteiger partial charge in [0, 0.05) is 11.3 Å². The maximum absolute atomic E-state index is 5.71. The summed E-state index contributed by atoms with van der Waals surface area (Å²) in [6, 6.07) is 10.8. The Hall–Kier alpha value is -1.83. The van der Waals surface area contributed by atoms with Gasteiger partial charge in [-0.1, -0.05) is 18.2 Å². The summed E-state index contributed by atoms with van der Waals surface area (Å²) in [5.41, 5.74) is 12.2. The first-order chi connectivity index (χ1) is 8.74. The predicted octanol–water partition coefficient (Wildman–Crippen LogP) is 3.52. The number of pyridine rings is 1. The van der Waals surface area contributed by atoms with Gasteiger partial charge in [-0.2, -0.15) is 0 Å². The molecule has 18 heavy (non-hydrogen) atoms. The summed E-state index contributed by atoms with van der Waals surface area (Å²) in [7, 11) is 0. The zero-order valence-electron chi connectivity index (χ0n) is 10.7. The van der Waals surface area contributed by atoms with Crippen LogP contribution < -0.4 is 5.73 Å². The molecule has 0 unspecified atom stereocenters. The topological polar surface area (TPSA) is 38.9 Å². The molecule has 0 aliphatic heterocycles. The third kappa shape index (κ3) is 1.99. The Balaban J connectivity index is 2.06. The van der Waals surface area contributed by atoms with Crippen molar-refractivity contribution >= 4 is 5.82 Å². The van der Waals surface area contributed by atoms with E-state index in [0.29, 0.717) is 5.82 Å². The van der Waals surface area contributed by atoms with E-state index < -0.39 is 0 Å². The van der Waals surface area contributed by atoms with Crippen LogP contribution in [0.2, 0.25) is 0 Å². The van der Waals surface area contributed by atoms with E-state index in [9.17, 15) is 0 Å². The zero-order chi connectivity index (χ0) is 12.5. The Morgan fingerprint density at radius 1 is 1.00 bits per heavy atom. The van der Waals surface area contributed by atoms with Crippen LogP contribution >= 0.6 is 0 Å². The van der Waals surface area contributed by atoms with Crippen molar-refractivity contribution in [2.75, 3.05) is 5.73 Å². The first-order valence-electron chi connectivity index (χ1n) is 6.59. The second-order valence-corrected chi connectivity index (χ2v) is 5.06. The van der Waals surface area contributed by atoms with Crippen molar-refractivity contribution in [3.63, 3.8) is 0 Å². The molecule has 0 amide bonds. The van der Waals surface area contributed by atoms with Gasteiger partial charge in [-0.3, -0.25) is 0 Å². The van der Waals surface area contributed by atoms with E-state index in [1.807, 2.05) is 13.0 Å². The lowest BCUT2D eigenvalue weighted by Crippen LogP contribution is -2.02. The Morgan fingerprint density at radius 3 is 2.56 bits per heavy atom. The van der Waals surface area contributed by atoms with Crippen molar-refractivity contribution in [3.05, 3.63) is 47.2 Å². The van der Waals surface area contributed by atoms with Crippen molar-refractivity contribution in [2.45, 2.75) is 32.6 Å². The van der Waals surface area contributed by atoms with Crippen LogP contribution in [0.5, 0.6) is 0 Å². The summed E-state index contributed by atoms with van der Waals surface area (Å²) in [6.07, 6.45) is 5.09. The summed E-state index contributed by atoms with van der Waals surface area (Å²) in [6.45, 7) is 2.02. The molecule has 2 N–H and O–H groups in total. The molecule has 0 fully saturated rings. The highest BCUT2D eigenvalue weighted by Gasteiger charge is 2.11. The number of aryl methyl sites for hydroxylation is 3. The largest absolute Gasteiger partial charge is 0.384 e. The SMILES string of the molecule is Cc1nc(N)ccc1-c1ccc2c(c1)CCCC2. The van der Waals surface area contributed by atoms with Crippen LogP contribution in [-0.4, -0.2) is 4.98 Å². The first-order valence-corrected chi connectivity index (χ1v) is 6.59. The molecule has 0 atom stereocenters. The summed E-state index contributed by atoms with van der Waals surface area (Å²) >= 11 is 0. The molecule has 1 aliphatic rings. The molecular weight excluding hydrogens is 220 g/mol. The first kappa shape index (κ1) is 11.3. The summed E-state index contributed by atoms with van der Waals surface area (Å²) < 4.78 is 0. The van der Waals surface area contributed by atoms with E-state index in [1.165, 1.54) is 47.9 Å². The minimum Gasteiger partial charge on any atom is -0.384 e. The Morgan fingerprint density at radius 2 is 1.78 bits per heavy atom. The summed E-state index contributed by atoms with van der Waals surface area (Å²) in [5.74, 6) is 0.592. The van der Waals surface area contributed by atoms with Gasteiger partial charge in [0.25, 0.3) is 0 Å². The number of nitrogens with zero attached hydrogens (tertiary/aromatic N) is 1. The molecule has 2 aromatic rings. The quantitative estimate of drug-likeness (QED) is 0.825. The van der Waals surface area contributed by atoms with Crippen molar-refractivity contribution in [2.24, 2.45) is 0 Å². The lowest BCUT2D eigenvalue weighted by Gasteiger charge is -2.17. The molecule has 0 saturated carbocycles. The number of hydrogen-bond donors (Lipinski definition) is 1. The zero-order valence-corrected chi connectivity index (χ0v) is 10.7. The van der Waals surface area contributed by atoms with Crippen LogP contribution in [0.15, 0.2) is 30.3 Å². The van der Waals surface area contributed by atoms with E-state index in [0.717, 1.165) is 5.69 Å². The second kappa shape index (κ2) is 4.45. The van der Waals surface area contributed by atoms with E-state index in [1.54, 1.807) is 0 Å². The van der Waals surface area contributed by atoms with Crippen molar-refractivity contribution in [1.82, 2.24) is 4.98 Å². The van der Waals surface area contributed by atoms with Crippen LogP contribution in [0, 0.1) is 6.92 Å². The number of anilines is 1. The fourth-order valence-electron chi connectivity index (χ4n) is 2.79. The standard InChI is InChI=1S/C16H18N2/c1-11-15(8-9-16(17)18-11)14-7-6-12-4-2-3-5-13(12)10-14/h6-10H,2-5H2,1H3,(H2,17,18). The van der Waals surface area contributed by atoms with E-state index in [2.05, 4.69) is 29.2 Å². The van der Waals surface area contributed by atoms with Crippen LogP contribution in [-0.2, 0) is 12.8 Å². The lowest BCUT2D eigenvalue weighted by molar-refractivity contribution is 0.686. The van der Waals surface area contributed by atoms with Crippen LogP contribution in [0.25, 0.3) is 11.1 Å². The number of nitrogens with two attached hydrogens (primary N) is 1. The van der Waals surface area contributed by atoms with Crippen LogP contribution in [0.1, 0.15) is 29.7 Å². The van der Waals surface area contributed by atoms with Gasteiger partial charge in [-0.25, -0.2) is 4.98 Å². The number of nitrogen functional groups attached to an aromatic ring is 1. The van der Waals surface area contributed by atoms with Gasteiger partial charge >= 0.3 is 0 Å². The molecule has 1 aromatic carbocycles. The van der Waals surface area contributed by atoms with Crippen LogP contribution in [0.3, 0.4) is 0 Å². The van der Waals surface area contributed by atoms with Crippen molar-refractivity contribution < 1.29 is 0 Å². The smallest absolute Gasteiger partial charge is 0.123 e. The number of fused-ring (bicyclic) bond motifs is 1. The number of hydrogen-bond acceptors (Lipinski definition) is 2. The Bertz CT molecular complexity index is 588. The highest BCUT2D eigenvalue weighted by atomic mass is 14.8. The minimum atomic E-state index is 0.592. The van der Waals surface area contributed by atoms with Crippen molar-refractivity contribution in [1.29, 1.82) is 0 Å². The molecule has 1 aromatic heterocycles. The highest BCUT2D eigenvalue weighted by Crippen LogP contribution is 2.29. The maximum Gasteiger partial charge on any atom is 0.123 e. The Labute approximate surface area is 108 Å². The molecule has 2 nitrogen and oxygen atoms in total. The van der Waals surface area contributed by atoms with Gasteiger partial charge in [0.05, 0.1) is 0 Å². The minimum absolute atomic E-state index is 0.592. The number of rotatable bonds is 1. The number of benzene rings is 1. The van der Waals surface area contributed by atoms with Gasteiger partial charge in [0.1, 0.15) is 5.82 Å². The Kier molecular flexibility index (Phi) is 2.78.